The van der Waals surface area contributed by atoms with Gasteiger partial charge in [-0.15, -0.1) is 0 Å². The van der Waals surface area contributed by atoms with Crippen LogP contribution in [0.2, 0.25) is 0 Å². The summed E-state index contributed by atoms with van der Waals surface area (Å²) in [6, 6.07) is 10.2. The van der Waals surface area contributed by atoms with Gasteiger partial charge in [0.2, 0.25) is 0 Å². The van der Waals surface area contributed by atoms with Crippen molar-refractivity contribution in [1.29, 1.82) is 0 Å². The number of aliphatic hydroxyl groups is 1. The zero-order valence-electron chi connectivity index (χ0n) is 10.6. The quantitative estimate of drug-likeness (QED) is 0.863. The van der Waals surface area contributed by atoms with Crippen molar-refractivity contribution in [2.24, 2.45) is 5.92 Å². The lowest BCUT2D eigenvalue weighted by Gasteiger charge is -2.38. The van der Waals surface area contributed by atoms with E-state index in [2.05, 4.69) is 11.9 Å². The molecule has 2 saturated heterocycles. The number of ketones is 1. The molecule has 1 aromatic rings. The summed E-state index contributed by atoms with van der Waals surface area (Å²) in [6.45, 7) is 0. The summed E-state index contributed by atoms with van der Waals surface area (Å²) in [5.41, 5.74) is 0.856. The molecular formula is C15H19NO2. The first-order chi connectivity index (χ1) is 8.68. The van der Waals surface area contributed by atoms with Crippen LogP contribution in [0.4, 0.5) is 0 Å². The summed E-state index contributed by atoms with van der Waals surface area (Å²) < 4.78 is 0. The van der Waals surface area contributed by atoms with Crippen molar-refractivity contribution in [2.75, 3.05) is 7.05 Å². The van der Waals surface area contributed by atoms with Crippen LogP contribution in [0.25, 0.3) is 0 Å². The molecule has 0 spiro atoms. The second kappa shape index (κ2) is 4.48. The summed E-state index contributed by atoms with van der Waals surface area (Å²) in [7, 11) is 2.08. The van der Waals surface area contributed by atoms with Crippen LogP contribution in [-0.4, -0.2) is 34.9 Å². The molecule has 2 heterocycles. The maximum atomic E-state index is 12.2. The molecule has 0 amide bonds. The fourth-order valence-electron chi connectivity index (χ4n) is 3.55. The Labute approximate surface area is 107 Å². The Hall–Kier alpha value is -1.19. The van der Waals surface area contributed by atoms with E-state index in [0.29, 0.717) is 12.5 Å². The van der Waals surface area contributed by atoms with Crippen LogP contribution in [0, 0.1) is 5.92 Å². The highest BCUT2D eigenvalue weighted by atomic mass is 16.3. The number of piperidine rings is 1. The Balaban J connectivity index is 1.89. The smallest absolute Gasteiger partial charge is 0.142 e. The molecule has 1 aromatic carbocycles. The minimum absolute atomic E-state index is 0.214. The van der Waals surface area contributed by atoms with E-state index in [1.165, 1.54) is 0 Å². The van der Waals surface area contributed by atoms with Gasteiger partial charge in [0, 0.05) is 18.5 Å². The van der Waals surface area contributed by atoms with Crippen molar-refractivity contribution in [3.05, 3.63) is 35.9 Å². The largest absolute Gasteiger partial charge is 0.388 e. The highest BCUT2D eigenvalue weighted by molar-refractivity contribution is 5.84. The van der Waals surface area contributed by atoms with E-state index in [4.69, 9.17) is 0 Å². The zero-order chi connectivity index (χ0) is 12.7. The molecule has 3 rings (SSSR count). The second-order valence-electron chi connectivity index (χ2n) is 5.52. The van der Waals surface area contributed by atoms with Gasteiger partial charge in [0.05, 0.1) is 12.0 Å². The predicted molar refractivity (Wildman–Crippen MR) is 69.1 cm³/mol. The Morgan fingerprint density at radius 3 is 2.72 bits per heavy atom. The van der Waals surface area contributed by atoms with Crippen molar-refractivity contribution >= 4 is 5.78 Å². The van der Waals surface area contributed by atoms with E-state index >= 15 is 0 Å². The van der Waals surface area contributed by atoms with Crippen LogP contribution in [0.15, 0.2) is 30.3 Å². The van der Waals surface area contributed by atoms with E-state index < -0.39 is 6.10 Å². The van der Waals surface area contributed by atoms with Crippen LogP contribution in [0.3, 0.4) is 0 Å². The molecule has 2 aliphatic rings. The summed E-state index contributed by atoms with van der Waals surface area (Å²) in [4.78, 5) is 14.5. The standard InChI is InChI=1S/C15H19NO2/c1-16-11-7-8-12(16)14(13(17)9-11)15(18)10-5-3-2-4-6-10/h2-6,11-12,14-15,18H,7-9H2,1H3/t11-,12+,14+,15-/m0/s1. The molecule has 3 nitrogen and oxygen atoms in total. The monoisotopic (exact) mass is 245 g/mol. The lowest BCUT2D eigenvalue weighted by atomic mass is 9.82. The molecule has 0 unspecified atom stereocenters. The summed E-state index contributed by atoms with van der Waals surface area (Å²) >= 11 is 0. The van der Waals surface area contributed by atoms with Gasteiger partial charge in [-0.2, -0.15) is 0 Å². The molecule has 0 aromatic heterocycles. The molecule has 96 valence electrons. The fraction of sp³-hybridized carbons (Fsp3) is 0.533. The molecular weight excluding hydrogens is 226 g/mol. The molecule has 2 bridgehead atoms. The number of nitrogens with zero attached hydrogens (tertiary/aromatic N) is 1. The molecule has 1 N–H and O–H groups in total. The van der Waals surface area contributed by atoms with Gasteiger partial charge in [0.25, 0.3) is 0 Å². The summed E-state index contributed by atoms with van der Waals surface area (Å²) in [5, 5.41) is 10.5. The Kier molecular flexibility index (Phi) is 2.96. The lowest BCUT2D eigenvalue weighted by molar-refractivity contribution is -0.134. The van der Waals surface area contributed by atoms with Gasteiger partial charge in [0.1, 0.15) is 5.78 Å². The van der Waals surface area contributed by atoms with Gasteiger partial charge in [-0.25, -0.2) is 0 Å². The Morgan fingerprint density at radius 2 is 2.00 bits per heavy atom. The van der Waals surface area contributed by atoms with Gasteiger partial charge in [-0.1, -0.05) is 30.3 Å². The van der Waals surface area contributed by atoms with Gasteiger partial charge in [-0.3, -0.25) is 9.69 Å². The Bertz CT molecular complexity index is 445. The van der Waals surface area contributed by atoms with E-state index in [1.807, 2.05) is 30.3 Å². The first-order valence-corrected chi connectivity index (χ1v) is 6.66. The minimum atomic E-state index is -0.662. The number of hydrogen-bond donors (Lipinski definition) is 1. The second-order valence-corrected chi connectivity index (χ2v) is 5.52. The van der Waals surface area contributed by atoms with Gasteiger partial charge in [0.15, 0.2) is 0 Å². The predicted octanol–water partition coefficient (Wildman–Crippen LogP) is 1.77. The van der Waals surface area contributed by atoms with Gasteiger partial charge in [-0.05, 0) is 25.5 Å². The van der Waals surface area contributed by atoms with E-state index in [0.717, 1.165) is 18.4 Å². The van der Waals surface area contributed by atoms with E-state index in [1.54, 1.807) is 0 Å². The minimum Gasteiger partial charge on any atom is -0.388 e. The topological polar surface area (TPSA) is 40.5 Å². The first-order valence-electron chi connectivity index (χ1n) is 6.66. The van der Waals surface area contributed by atoms with E-state index in [9.17, 15) is 9.90 Å². The van der Waals surface area contributed by atoms with Crippen LogP contribution >= 0.6 is 0 Å². The number of aliphatic hydroxyl groups excluding tert-OH is 1. The number of Topliss-reactive ketones (excluding diaryl/α,β-unsaturated/α-hetero) is 1. The number of fused-ring (bicyclic) bond motifs is 2. The number of benzene rings is 1. The third-order valence-electron chi connectivity index (χ3n) is 4.60. The maximum Gasteiger partial charge on any atom is 0.142 e. The molecule has 3 heteroatoms. The normalized spacial score (nSPS) is 33.7. The number of carbonyl (C=O) groups is 1. The van der Waals surface area contributed by atoms with Gasteiger partial charge >= 0.3 is 0 Å². The number of carbonyl (C=O) groups excluding carboxylic acids is 1. The molecule has 0 radical (unpaired) electrons. The molecule has 0 aliphatic carbocycles. The summed E-state index contributed by atoms with van der Waals surface area (Å²) in [5.74, 6) is -0.0203. The average Bonchev–Trinajstić information content (AvgIpc) is 2.63. The highest BCUT2D eigenvalue weighted by Gasteiger charge is 2.47. The van der Waals surface area contributed by atoms with Gasteiger partial charge < -0.3 is 5.11 Å². The molecule has 2 fully saturated rings. The van der Waals surface area contributed by atoms with Crippen molar-refractivity contribution in [3.8, 4) is 0 Å². The molecule has 18 heavy (non-hydrogen) atoms. The zero-order valence-corrected chi connectivity index (χ0v) is 10.6. The van der Waals surface area contributed by atoms with Crippen molar-refractivity contribution in [1.82, 2.24) is 4.90 Å². The Morgan fingerprint density at radius 1 is 1.28 bits per heavy atom. The SMILES string of the molecule is CN1[C@H]2CC[C@@H]1[C@@H]([C@@H](O)c1ccccc1)C(=O)C2. The van der Waals surface area contributed by atoms with Crippen LogP contribution in [0.1, 0.15) is 30.9 Å². The third-order valence-corrected chi connectivity index (χ3v) is 4.60. The van der Waals surface area contributed by atoms with Crippen molar-refractivity contribution < 1.29 is 9.90 Å². The molecule has 0 saturated carbocycles. The third kappa shape index (κ3) is 1.78. The van der Waals surface area contributed by atoms with Crippen LogP contribution in [-0.2, 0) is 4.79 Å². The van der Waals surface area contributed by atoms with Crippen molar-refractivity contribution in [2.45, 2.75) is 37.5 Å². The molecule has 4 atom stereocenters. The summed E-state index contributed by atoms with van der Waals surface area (Å²) in [6.07, 6.45) is 2.05. The highest BCUT2D eigenvalue weighted by Crippen LogP contribution is 2.41. The van der Waals surface area contributed by atoms with Crippen molar-refractivity contribution in [3.63, 3.8) is 0 Å². The number of hydrogen-bond acceptors (Lipinski definition) is 3. The van der Waals surface area contributed by atoms with Crippen LogP contribution in [0.5, 0.6) is 0 Å². The maximum absolute atomic E-state index is 12.2. The van der Waals surface area contributed by atoms with Crippen LogP contribution < -0.4 is 0 Å². The average molecular weight is 245 g/mol. The first kappa shape index (κ1) is 11.9. The lowest BCUT2D eigenvalue weighted by Crippen LogP contribution is -2.49. The molecule has 2 aliphatic heterocycles. The van der Waals surface area contributed by atoms with E-state index in [-0.39, 0.29) is 17.7 Å². The number of rotatable bonds is 2. The fourth-order valence-corrected chi connectivity index (χ4v) is 3.55.